The molecule has 0 radical (unpaired) electrons. The van der Waals surface area contributed by atoms with Crippen LogP contribution in [-0.4, -0.2) is 15.8 Å². The van der Waals surface area contributed by atoms with Crippen molar-refractivity contribution in [1.29, 1.82) is 0 Å². The van der Waals surface area contributed by atoms with Crippen LogP contribution in [0.3, 0.4) is 0 Å². The van der Waals surface area contributed by atoms with Crippen molar-refractivity contribution in [3.05, 3.63) is 71.0 Å². The SMILES string of the molecule is O=C(Nc1cccc(C(F)(F)F)c1)Nc1cnn(COc2ccc(Br)cc2)c1. The first-order valence-electron chi connectivity index (χ1n) is 7.96. The minimum absolute atomic E-state index is 0.0262. The van der Waals surface area contributed by atoms with Gasteiger partial charge in [-0.25, -0.2) is 9.48 Å². The Morgan fingerprint density at radius 3 is 2.54 bits per heavy atom. The Morgan fingerprint density at radius 2 is 1.82 bits per heavy atom. The van der Waals surface area contributed by atoms with Gasteiger partial charge in [0, 0.05) is 10.2 Å². The van der Waals surface area contributed by atoms with Gasteiger partial charge in [0.05, 0.1) is 23.6 Å². The number of carbonyl (C=O) groups is 1. The van der Waals surface area contributed by atoms with Crippen molar-refractivity contribution in [2.45, 2.75) is 12.9 Å². The van der Waals surface area contributed by atoms with Crippen LogP contribution in [0.1, 0.15) is 5.56 Å². The first-order valence-corrected chi connectivity index (χ1v) is 8.75. The summed E-state index contributed by atoms with van der Waals surface area (Å²) in [5, 5.41) is 8.90. The van der Waals surface area contributed by atoms with Crippen molar-refractivity contribution in [1.82, 2.24) is 9.78 Å². The van der Waals surface area contributed by atoms with Crippen LogP contribution >= 0.6 is 15.9 Å². The number of benzene rings is 2. The van der Waals surface area contributed by atoms with Crippen LogP contribution in [0.5, 0.6) is 5.75 Å². The highest BCUT2D eigenvalue weighted by atomic mass is 79.9. The van der Waals surface area contributed by atoms with E-state index in [2.05, 4.69) is 31.7 Å². The number of anilines is 2. The number of aromatic nitrogens is 2. The van der Waals surface area contributed by atoms with E-state index < -0.39 is 17.8 Å². The fraction of sp³-hybridized carbons (Fsp3) is 0.111. The minimum Gasteiger partial charge on any atom is -0.471 e. The molecule has 146 valence electrons. The third-order valence-electron chi connectivity index (χ3n) is 3.52. The summed E-state index contributed by atoms with van der Waals surface area (Å²) in [7, 11) is 0. The van der Waals surface area contributed by atoms with Crippen LogP contribution in [0, 0.1) is 0 Å². The highest BCUT2D eigenvalue weighted by molar-refractivity contribution is 9.10. The van der Waals surface area contributed by atoms with E-state index >= 15 is 0 Å². The molecule has 0 saturated carbocycles. The topological polar surface area (TPSA) is 68.2 Å². The van der Waals surface area contributed by atoms with Gasteiger partial charge in [0.2, 0.25) is 0 Å². The summed E-state index contributed by atoms with van der Waals surface area (Å²) in [6, 6.07) is 10.9. The summed E-state index contributed by atoms with van der Waals surface area (Å²) < 4.78 is 46.1. The van der Waals surface area contributed by atoms with Crippen LogP contribution in [0.15, 0.2) is 65.4 Å². The summed E-state index contributed by atoms with van der Waals surface area (Å²) in [6.07, 6.45) is -1.55. The number of alkyl halides is 3. The molecule has 1 aromatic heterocycles. The number of hydrogen-bond acceptors (Lipinski definition) is 3. The lowest BCUT2D eigenvalue weighted by molar-refractivity contribution is -0.137. The minimum atomic E-state index is -4.48. The molecule has 2 amide bonds. The van der Waals surface area contributed by atoms with Crippen LogP contribution in [0.25, 0.3) is 0 Å². The molecule has 0 bridgehead atoms. The summed E-state index contributed by atoms with van der Waals surface area (Å²) in [4.78, 5) is 12.0. The van der Waals surface area contributed by atoms with Gasteiger partial charge >= 0.3 is 12.2 Å². The van der Waals surface area contributed by atoms with Gasteiger partial charge in [-0.1, -0.05) is 22.0 Å². The number of nitrogens with zero attached hydrogens (tertiary/aromatic N) is 2. The fourth-order valence-electron chi connectivity index (χ4n) is 2.24. The molecule has 0 aliphatic rings. The molecular weight excluding hydrogens is 441 g/mol. The van der Waals surface area contributed by atoms with Crippen LogP contribution in [0.4, 0.5) is 29.3 Å². The van der Waals surface area contributed by atoms with E-state index in [9.17, 15) is 18.0 Å². The maximum absolute atomic E-state index is 12.7. The predicted octanol–water partition coefficient (Wildman–Crippen LogP) is 5.34. The lowest BCUT2D eigenvalue weighted by Crippen LogP contribution is -2.19. The number of rotatable bonds is 5. The molecule has 0 atom stereocenters. The van der Waals surface area contributed by atoms with Gasteiger partial charge in [-0.2, -0.15) is 18.3 Å². The van der Waals surface area contributed by atoms with E-state index in [0.717, 1.165) is 16.6 Å². The van der Waals surface area contributed by atoms with E-state index in [4.69, 9.17) is 4.74 Å². The molecule has 0 unspecified atom stereocenters. The molecule has 0 aliphatic carbocycles. The number of halogens is 4. The van der Waals surface area contributed by atoms with E-state index in [1.165, 1.54) is 29.2 Å². The molecule has 1 heterocycles. The van der Waals surface area contributed by atoms with Gasteiger partial charge in [-0.3, -0.25) is 0 Å². The zero-order chi connectivity index (χ0) is 20.1. The Bertz CT molecular complexity index is 958. The van der Waals surface area contributed by atoms with Crippen molar-refractivity contribution in [3.8, 4) is 5.75 Å². The third-order valence-corrected chi connectivity index (χ3v) is 4.04. The number of ether oxygens (including phenoxy) is 1. The van der Waals surface area contributed by atoms with Gasteiger partial charge in [0.15, 0.2) is 6.73 Å². The molecule has 0 fully saturated rings. The summed E-state index contributed by atoms with van der Waals surface area (Å²) in [5.41, 5.74) is -0.453. The average Bonchev–Trinajstić information content (AvgIpc) is 3.08. The average molecular weight is 455 g/mol. The largest absolute Gasteiger partial charge is 0.471 e. The number of hydrogen-bond donors (Lipinski definition) is 2. The normalized spacial score (nSPS) is 11.1. The molecular formula is C18H14BrF3N4O2. The van der Waals surface area contributed by atoms with Gasteiger partial charge < -0.3 is 15.4 Å². The molecule has 2 aromatic carbocycles. The molecule has 0 saturated heterocycles. The lowest BCUT2D eigenvalue weighted by atomic mass is 10.2. The second kappa shape index (κ2) is 8.34. The fourth-order valence-corrected chi connectivity index (χ4v) is 2.50. The molecule has 6 nitrogen and oxygen atoms in total. The van der Waals surface area contributed by atoms with Gasteiger partial charge in [0.25, 0.3) is 0 Å². The molecule has 2 N–H and O–H groups in total. The van der Waals surface area contributed by atoms with E-state index in [1.807, 2.05) is 12.1 Å². The first-order chi connectivity index (χ1) is 13.3. The van der Waals surface area contributed by atoms with Crippen LogP contribution in [-0.2, 0) is 12.9 Å². The Morgan fingerprint density at radius 1 is 1.11 bits per heavy atom. The third kappa shape index (κ3) is 5.49. The Kier molecular flexibility index (Phi) is 5.88. The maximum Gasteiger partial charge on any atom is 0.416 e. The highest BCUT2D eigenvalue weighted by Crippen LogP contribution is 2.30. The second-order valence-corrected chi connectivity index (χ2v) is 6.57. The standard InChI is InChI=1S/C18H14BrF3N4O2/c19-13-4-6-16(7-5-13)28-11-26-10-15(9-23-26)25-17(27)24-14-3-1-2-12(8-14)18(20,21)22/h1-10H,11H2,(H2,24,25,27). The van der Waals surface area contributed by atoms with Crippen LogP contribution in [0.2, 0.25) is 0 Å². The van der Waals surface area contributed by atoms with Crippen molar-refractivity contribution in [2.75, 3.05) is 10.6 Å². The molecule has 10 heteroatoms. The Labute approximate surface area is 166 Å². The van der Waals surface area contributed by atoms with Crippen molar-refractivity contribution < 1.29 is 22.7 Å². The maximum atomic E-state index is 12.7. The van der Waals surface area contributed by atoms with Crippen molar-refractivity contribution >= 4 is 33.3 Å². The number of nitrogens with one attached hydrogen (secondary N) is 2. The Hall–Kier alpha value is -3.01. The summed E-state index contributed by atoms with van der Waals surface area (Å²) >= 11 is 3.33. The second-order valence-electron chi connectivity index (χ2n) is 5.65. The van der Waals surface area contributed by atoms with Crippen molar-refractivity contribution in [3.63, 3.8) is 0 Å². The van der Waals surface area contributed by atoms with Gasteiger partial charge in [0.1, 0.15) is 5.75 Å². The molecule has 3 rings (SSSR count). The smallest absolute Gasteiger partial charge is 0.416 e. The zero-order valence-corrected chi connectivity index (χ0v) is 15.8. The van der Waals surface area contributed by atoms with Gasteiger partial charge in [-0.05, 0) is 42.5 Å². The molecule has 28 heavy (non-hydrogen) atoms. The monoisotopic (exact) mass is 454 g/mol. The van der Waals surface area contributed by atoms with Crippen LogP contribution < -0.4 is 15.4 Å². The lowest BCUT2D eigenvalue weighted by Gasteiger charge is -2.10. The van der Waals surface area contributed by atoms with Gasteiger partial charge in [-0.15, -0.1) is 0 Å². The summed E-state index contributed by atoms with van der Waals surface area (Å²) in [6.45, 7) is 0.124. The summed E-state index contributed by atoms with van der Waals surface area (Å²) in [5.74, 6) is 0.649. The van der Waals surface area contributed by atoms with E-state index in [0.29, 0.717) is 11.4 Å². The first kappa shape index (κ1) is 19.7. The molecule has 0 aliphatic heterocycles. The zero-order valence-electron chi connectivity index (χ0n) is 14.2. The predicted molar refractivity (Wildman–Crippen MR) is 101 cm³/mol. The number of amides is 2. The Balaban J connectivity index is 1.54. The molecule has 3 aromatic rings. The van der Waals surface area contributed by atoms with E-state index in [-0.39, 0.29) is 12.4 Å². The molecule has 0 spiro atoms. The van der Waals surface area contributed by atoms with Crippen molar-refractivity contribution in [2.24, 2.45) is 0 Å². The highest BCUT2D eigenvalue weighted by Gasteiger charge is 2.30. The quantitative estimate of drug-likeness (QED) is 0.546. The van der Waals surface area contributed by atoms with E-state index in [1.54, 1.807) is 12.1 Å². The number of urea groups is 1. The number of carbonyl (C=O) groups excluding carboxylic acids is 1.